The zero-order valence-electron chi connectivity index (χ0n) is 14.6. The number of rotatable bonds is 5. The van der Waals surface area contributed by atoms with E-state index in [1.807, 2.05) is 84.9 Å². The molecule has 0 saturated heterocycles. The normalized spacial score (nSPS) is 10.5. The second kappa shape index (κ2) is 7.66. The number of carbonyl (C=O) groups is 1. The summed E-state index contributed by atoms with van der Waals surface area (Å²) in [6.07, 6.45) is 1.66. The first-order valence-corrected chi connectivity index (χ1v) is 8.69. The first kappa shape index (κ1) is 16.7. The Bertz CT molecular complexity index is 1040. The van der Waals surface area contributed by atoms with Gasteiger partial charge in [0.2, 0.25) is 0 Å². The van der Waals surface area contributed by atoms with E-state index in [9.17, 15) is 4.79 Å². The molecule has 4 rings (SSSR count). The number of anilines is 1. The summed E-state index contributed by atoms with van der Waals surface area (Å²) in [5.41, 5.74) is 4.13. The Morgan fingerprint density at radius 3 is 2.30 bits per heavy atom. The van der Waals surface area contributed by atoms with Crippen molar-refractivity contribution in [3.63, 3.8) is 0 Å². The van der Waals surface area contributed by atoms with Gasteiger partial charge in [0.15, 0.2) is 5.69 Å². The van der Waals surface area contributed by atoms with E-state index in [0.717, 1.165) is 22.4 Å². The molecular weight excluding hydrogens is 336 g/mol. The lowest BCUT2D eigenvalue weighted by molar-refractivity contribution is 0.102. The van der Waals surface area contributed by atoms with Crippen LogP contribution in [0.25, 0.3) is 11.1 Å². The third-order valence-corrected chi connectivity index (χ3v) is 4.22. The summed E-state index contributed by atoms with van der Waals surface area (Å²) in [4.78, 5) is 12.6. The SMILES string of the molecule is O=C(Nc1ccccc1-c1ccccc1)c1cn(Cc2ccccc2)nn1. The lowest BCUT2D eigenvalue weighted by atomic mass is 10.0. The predicted molar refractivity (Wildman–Crippen MR) is 105 cm³/mol. The van der Waals surface area contributed by atoms with Crippen molar-refractivity contribution < 1.29 is 4.79 Å². The molecule has 4 aromatic rings. The molecule has 0 unspecified atom stereocenters. The van der Waals surface area contributed by atoms with Gasteiger partial charge in [-0.1, -0.05) is 84.1 Å². The number of hydrogen-bond donors (Lipinski definition) is 1. The van der Waals surface area contributed by atoms with Gasteiger partial charge < -0.3 is 5.32 Å². The van der Waals surface area contributed by atoms with Crippen LogP contribution in [-0.2, 0) is 6.54 Å². The Morgan fingerprint density at radius 2 is 1.52 bits per heavy atom. The maximum Gasteiger partial charge on any atom is 0.277 e. The van der Waals surface area contributed by atoms with Gasteiger partial charge in [-0.25, -0.2) is 4.68 Å². The summed E-state index contributed by atoms with van der Waals surface area (Å²) >= 11 is 0. The first-order chi connectivity index (χ1) is 13.3. The van der Waals surface area contributed by atoms with Gasteiger partial charge in [0.25, 0.3) is 5.91 Å². The second-order valence-corrected chi connectivity index (χ2v) is 6.15. The van der Waals surface area contributed by atoms with Gasteiger partial charge in [0.05, 0.1) is 12.7 Å². The van der Waals surface area contributed by atoms with Crippen LogP contribution in [0, 0.1) is 0 Å². The van der Waals surface area contributed by atoms with Crippen molar-refractivity contribution in [3.8, 4) is 11.1 Å². The van der Waals surface area contributed by atoms with Gasteiger partial charge >= 0.3 is 0 Å². The van der Waals surface area contributed by atoms with Crippen molar-refractivity contribution in [2.75, 3.05) is 5.32 Å². The number of benzene rings is 3. The third-order valence-electron chi connectivity index (χ3n) is 4.22. The van der Waals surface area contributed by atoms with Crippen LogP contribution in [0.3, 0.4) is 0 Å². The molecule has 5 heteroatoms. The topological polar surface area (TPSA) is 59.8 Å². The molecule has 1 aromatic heterocycles. The fraction of sp³-hybridized carbons (Fsp3) is 0.0455. The van der Waals surface area contributed by atoms with Crippen LogP contribution in [0.1, 0.15) is 16.1 Å². The Hall–Kier alpha value is -3.73. The number of para-hydroxylation sites is 1. The molecule has 0 fully saturated rings. The van der Waals surface area contributed by atoms with E-state index >= 15 is 0 Å². The van der Waals surface area contributed by atoms with Crippen LogP contribution in [-0.4, -0.2) is 20.9 Å². The summed E-state index contributed by atoms with van der Waals surface area (Å²) in [6.45, 7) is 0.571. The molecule has 0 bridgehead atoms. The van der Waals surface area contributed by atoms with Crippen molar-refractivity contribution in [3.05, 3.63) is 102 Å². The number of aromatic nitrogens is 3. The quantitative estimate of drug-likeness (QED) is 0.583. The molecule has 5 nitrogen and oxygen atoms in total. The van der Waals surface area contributed by atoms with Crippen molar-refractivity contribution in [1.29, 1.82) is 0 Å². The summed E-state index contributed by atoms with van der Waals surface area (Å²) in [7, 11) is 0. The lowest BCUT2D eigenvalue weighted by Gasteiger charge is -2.10. The van der Waals surface area contributed by atoms with Gasteiger partial charge in [0.1, 0.15) is 0 Å². The summed E-state index contributed by atoms with van der Waals surface area (Å²) in [6, 6.07) is 27.6. The highest BCUT2D eigenvalue weighted by atomic mass is 16.2. The number of hydrogen-bond acceptors (Lipinski definition) is 3. The molecule has 1 N–H and O–H groups in total. The number of amides is 1. The van der Waals surface area contributed by atoms with E-state index < -0.39 is 0 Å². The number of nitrogens with zero attached hydrogens (tertiary/aromatic N) is 3. The van der Waals surface area contributed by atoms with Crippen molar-refractivity contribution in [1.82, 2.24) is 15.0 Å². The van der Waals surface area contributed by atoms with Gasteiger partial charge in [-0.05, 0) is 17.2 Å². The summed E-state index contributed by atoms with van der Waals surface area (Å²) in [5.74, 6) is -0.280. The molecule has 0 atom stereocenters. The van der Waals surface area contributed by atoms with Gasteiger partial charge in [-0.3, -0.25) is 4.79 Å². The van der Waals surface area contributed by atoms with Crippen LogP contribution in [0.15, 0.2) is 91.1 Å². The molecule has 0 aliphatic heterocycles. The minimum atomic E-state index is -0.280. The molecule has 0 saturated carbocycles. The largest absolute Gasteiger partial charge is 0.320 e. The van der Waals surface area contributed by atoms with Gasteiger partial charge in [-0.2, -0.15) is 0 Å². The Labute approximate surface area is 157 Å². The highest BCUT2D eigenvalue weighted by Gasteiger charge is 2.13. The second-order valence-electron chi connectivity index (χ2n) is 6.15. The molecule has 1 amide bonds. The van der Waals surface area contributed by atoms with E-state index in [4.69, 9.17) is 0 Å². The van der Waals surface area contributed by atoms with Crippen LogP contribution in [0.4, 0.5) is 5.69 Å². The highest BCUT2D eigenvalue weighted by Crippen LogP contribution is 2.27. The van der Waals surface area contributed by atoms with Crippen LogP contribution >= 0.6 is 0 Å². The van der Waals surface area contributed by atoms with Crippen LogP contribution < -0.4 is 5.32 Å². The first-order valence-electron chi connectivity index (χ1n) is 8.69. The van der Waals surface area contributed by atoms with E-state index in [1.54, 1.807) is 10.9 Å². The van der Waals surface area contributed by atoms with Crippen LogP contribution in [0.5, 0.6) is 0 Å². The molecule has 27 heavy (non-hydrogen) atoms. The maximum absolute atomic E-state index is 12.6. The molecule has 1 heterocycles. The molecule has 0 radical (unpaired) electrons. The monoisotopic (exact) mass is 354 g/mol. The maximum atomic E-state index is 12.6. The Kier molecular flexibility index (Phi) is 4.74. The lowest BCUT2D eigenvalue weighted by Crippen LogP contribution is -2.13. The molecule has 0 spiro atoms. The van der Waals surface area contributed by atoms with Crippen molar-refractivity contribution in [2.45, 2.75) is 6.54 Å². The number of nitrogens with one attached hydrogen (secondary N) is 1. The minimum absolute atomic E-state index is 0.280. The standard InChI is InChI=1S/C22H18N4O/c27-22(21-16-26(25-24-21)15-17-9-3-1-4-10-17)23-20-14-8-7-13-19(20)18-11-5-2-6-12-18/h1-14,16H,15H2,(H,23,27). The zero-order valence-corrected chi connectivity index (χ0v) is 14.6. The predicted octanol–water partition coefficient (Wildman–Crippen LogP) is 4.25. The van der Waals surface area contributed by atoms with Crippen LogP contribution in [0.2, 0.25) is 0 Å². The fourth-order valence-corrected chi connectivity index (χ4v) is 2.90. The van der Waals surface area contributed by atoms with Gasteiger partial charge in [-0.15, -0.1) is 5.10 Å². The average Bonchev–Trinajstić information content (AvgIpc) is 3.18. The van der Waals surface area contributed by atoms with Crippen molar-refractivity contribution in [2.24, 2.45) is 0 Å². The highest BCUT2D eigenvalue weighted by molar-refractivity contribution is 6.04. The smallest absolute Gasteiger partial charge is 0.277 e. The zero-order chi connectivity index (χ0) is 18.5. The molecule has 0 aliphatic carbocycles. The fourth-order valence-electron chi connectivity index (χ4n) is 2.90. The Morgan fingerprint density at radius 1 is 0.852 bits per heavy atom. The molecular formula is C22H18N4O. The van der Waals surface area contributed by atoms with E-state index in [1.165, 1.54) is 0 Å². The Balaban J connectivity index is 1.52. The van der Waals surface area contributed by atoms with Crippen molar-refractivity contribution >= 4 is 11.6 Å². The van der Waals surface area contributed by atoms with E-state index in [-0.39, 0.29) is 11.6 Å². The number of carbonyl (C=O) groups excluding carboxylic acids is 1. The minimum Gasteiger partial charge on any atom is -0.320 e. The average molecular weight is 354 g/mol. The van der Waals surface area contributed by atoms with Gasteiger partial charge in [0, 0.05) is 11.3 Å². The molecule has 3 aromatic carbocycles. The molecule has 0 aliphatic rings. The van der Waals surface area contributed by atoms with E-state index in [0.29, 0.717) is 6.54 Å². The third kappa shape index (κ3) is 3.93. The summed E-state index contributed by atoms with van der Waals surface area (Å²) < 4.78 is 1.66. The summed E-state index contributed by atoms with van der Waals surface area (Å²) in [5, 5.41) is 11.0. The molecule has 132 valence electrons. The van der Waals surface area contributed by atoms with E-state index in [2.05, 4.69) is 15.6 Å².